The second-order valence-electron chi connectivity index (χ2n) is 13.3. The van der Waals surface area contributed by atoms with Gasteiger partial charge in [0, 0.05) is 13.1 Å². The molecule has 0 bridgehead atoms. The van der Waals surface area contributed by atoms with Gasteiger partial charge in [0.25, 0.3) is 23.6 Å². The van der Waals surface area contributed by atoms with Gasteiger partial charge in [-0.3, -0.25) is 29.0 Å². The maximum Gasteiger partial charge on any atom is 0.397 e. The molecule has 4 amide bonds. The van der Waals surface area contributed by atoms with E-state index in [0.717, 1.165) is 30.4 Å². The number of alkyl halides is 3. The zero-order chi connectivity index (χ0) is 32.1. The van der Waals surface area contributed by atoms with Crippen molar-refractivity contribution in [3.63, 3.8) is 0 Å². The van der Waals surface area contributed by atoms with Crippen molar-refractivity contribution in [2.24, 2.45) is 0 Å². The first-order valence-corrected chi connectivity index (χ1v) is 20.7. The van der Waals surface area contributed by atoms with Crippen LogP contribution in [0.2, 0.25) is 38.3 Å². The number of hydrogen-bond acceptors (Lipinski definition) is 5. The molecule has 45 heavy (non-hydrogen) atoms. The summed E-state index contributed by atoms with van der Waals surface area (Å²) in [7, 11) is -4.39. The lowest BCUT2D eigenvalue weighted by molar-refractivity contribution is -0.180. The average Bonchev–Trinajstić information content (AvgIpc) is 3.26. The lowest BCUT2D eigenvalue weighted by Gasteiger charge is -2.34. The molecule has 0 aliphatic carbocycles. The van der Waals surface area contributed by atoms with Crippen molar-refractivity contribution >= 4 is 40.3 Å². The van der Waals surface area contributed by atoms with E-state index in [2.05, 4.69) is 26.2 Å². The maximum atomic E-state index is 13.6. The molecular formula is C33H47F3N2O5Si2. The highest BCUT2D eigenvalue weighted by Gasteiger charge is 2.49. The van der Waals surface area contributed by atoms with Crippen molar-refractivity contribution in [3.8, 4) is 0 Å². The summed E-state index contributed by atoms with van der Waals surface area (Å²) in [4.78, 5) is 53.9. The predicted molar refractivity (Wildman–Crippen MR) is 176 cm³/mol. The van der Waals surface area contributed by atoms with Crippen LogP contribution in [0.15, 0.2) is 36.4 Å². The van der Waals surface area contributed by atoms with Crippen molar-refractivity contribution < 1.29 is 36.5 Å². The van der Waals surface area contributed by atoms with Crippen LogP contribution >= 0.6 is 0 Å². The van der Waals surface area contributed by atoms with Crippen LogP contribution in [0.3, 0.4) is 0 Å². The lowest BCUT2D eigenvalue weighted by atomic mass is 9.82. The molecule has 2 aliphatic rings. The van der Waals surface area contributed by atoms with E-state index in [4.69, 9.17) is 4.12 Å². The van der Waals surface area contributed by atoms with E-state index in [1.54, 1.807) is 12.1 Å². The molecule has 0 spiro atoms. The lowest BCUT2D eigenvalue weighted by Crippen LogP contribution is -2.45. The smallest absolute Gasteiger partial charge is 0.397 e. The number of halogens is 3. The van der Waals surface area contributed by atoms with Gasteiger partial charge < -0.3 is 4.12 Å². The Morgan fingerprint density at radius 2 is 1.07 bits per heavy atom. The number of carbonyl (C=O) groups is 4. The molecule has 2 heterocycles. The molecule has 0 aromatic heterocycles. The highest BCUT2D eigenvalue weighted by Crippen LogP contribution is 2.41. The van der Waals surface area contributed by atoms with E-state index in [1.165, 1.54) is 23.1 Å². The number of rotatable bonds is 11. The minimum atomic E-state index is -4.51. The molecule has 2 aromatic rings. The Kier molecular flexibility index (Phi) is 11.3. The van der Waals surface area contributed by atoms with Gasteiger partial charge in [-0.05, 0) is 102 Å². The summed E-state index contributed by atoms with van der Waals surface area (Å²) in [6.07, 6.45) is -3.35. The van der Waals surface area contributed by atoms with Gasteiger partial charge in [0.15, 0.2) is 16.6 Å². The molecule has 0 N–H and O–H groups in total. The standard InChI is InChI=1S/C31H39F3N2O5Si2.2CH4/c1-20-10-12-22-24(18-20)28(39)35(26(22)37)14-8-16-42(4,5)41-43(6,7)17-9-15-36-27(38)23-13-11-21(19-25(23)29(36)40)30(2,3)31(32,33)34;;/h10-13,18-19H,8-9,14-17H2,1-7H3;2*1H4. The minimum absolute atomic E-state index is 0. The van der Waals surface area contributed by atoms with E-state index >= 15 is 0 Å². The zero-order valence-electron chi connectivity index (χ0n) is 25.8. The molecule has 4 rings (SSSR count). The first-order chi connectivity index (χ1) is 19.8. The summed E-state index contributed by atoms with van der Waals surface area (Å²) in [5.41, 5.74) is -0.260. The van der Waals surface area contributed by atoms with Gasteiger partial charge in [-0.2, -0.15) is 13.2 Å². The third-order valence-corrected chi connectivity index (χ3v) is 15.9. The van der Waals surface area contributed by atoms with Crippen LogP contribution in [0.25, 0.3) is 0 Å². The molecule has 0 saturated heterocycles. The molecule has 0 saturated carbocycles. The fourth-order valence-corrected chi connectivity index (χ4v) is 14.6. The quantitative estimate of drug-likeness (QED) is 0.179. The molecule has 2 aromatic carbocycles. The van der Waals surface area contributed by atoms with Crippen molar-refractivity contribution in [2.45, 2.75) is 98.3 Å². The van der Waals surface area contributed by atoms with Gasteiger partial charge in [0.05, 0.1) is 27.7 Å². The van der Waals surface area contributed by atoms with Crippen molar-refractivity contribution in [2.75, 3.05) is 13.1 Å². The number of fused-ring (bicyclic) bond motifs is 2. The second kappa shape index (κ2) is 13.3. The zero-order valence-corrected chi connectivity index (χ0v) is 27.8. The average molecular weight is 665 g/mol. The van der Waals surface area contributed by atoms with E-state index in [1.807, 2.05) is 13.0 Å². The molecule has 0 radical (unpaired) electrons. The summed E-state index contributed by atoms with van der Waals surface area (Å²) in [5, 5.41) is 0. The Morgan fingerprint density at radius 1 is 0.667 bits per heavy atom. The third kappa shape index (κ3) is 7.66. The summed E-state index contributed by atoms with van der Waals surface area (Å²) < 4.78 is 47.3. The Morgan fingerprint density at radius 3 is 1.51 bits per heavy atom. The van der Waals surface area contributed by atoms with Crippen molar-refractivity contribution in [3.05, 3.63) is 69.8 Å². The van der Waals surface area contributed by atoms with Gasteiger partial charge in [0.2, 0.25) is 0 Å². The Hall–Kier alpha value is -3.10. The van der Waals surface area contributed by atoms with Crippen LogP contribution < -0.4 is 0 Å². The molecule has 0 atom stereocenters. The Balaban J connectivity index is 0.00000353. The Bertz CT molecular complexity index is 1490. The molecule has 12 heteroatoms. The van der Waals surface area contributed by atoms with Gasteiger partial charge in [-0.25, -0.2) is 0 Å². The highest BCUT2D eigenvalue weighted by atomic mass is 28.4. The molecule has 7 nitrogen and oxygen atoms in total. The first kappa shape index (κ1) is 38.1. The van der Waals surface area contributed by atoms with E-state index in [-0.39, 0.29) is 49.9 Å². The summed E-state index contributed by atoms with van der Waals surface area (Å²) >= 11 is 0. The van der Waals surface area contributed by atoms with Gasteiger partial charge in [-0.15, -0.1) is 0 Å². The summed E-state index contributed by atoms with van der Waals surface area (Å²) in [6, 6.07) is 10.5. The second-order valence-corrected chi connectivity index (χ2v) is 22.1. The number of benzene rings is 2. The van der Waals surface area contributed by atoms with E-state index in [0.29, 0.717) is 36.6 Å². The molecule has 0 unspecified atom stereocenters. The number of aryl methyl sites for hydroxylation is 1. The number of imide groups is 2. The topological polar surface area (TPSA) is 84.0 Å². The van der Waals surface area contributed by atoms with Crippen LogP contribution in [0.5, 0.6) is 0 Å². The van der Waals surface area contributed by atoms with Crippen LogP contribution in [-0.4, -0.2) is 69.3 Å². The number of nitrogens with zero attached hydrogens (tertiary/aromatic N) is 2. The number of carbonyl (C=O) groups excluding carboxylic acids is 4. The van der Waals surface area contributed by atoms with E-state index in [9.17, 15) is 32.3 Å². The highest BCUT2D eigenvalue weighted by molar-refractivity contribution is 6.84. The Labute approximate surface area is 267 Å². The number of hydrogen-bond donors (Lipinski definition) is 0. The summed E-state index contributed by atoms with van der Waals surface area (Å²) in [6.45, 7) is 12.9. The van der Waals surface area contributed by atoms with Crippen molar-refractivity contribution in [1.29, 1.82) is 0 Å². The molecular weight excluding hydrogens is 618 g/mol. The van der Waals surface area contributed by atoms with Gasteiger partial charge in [-0.1, -0.05) is 32.5 Å². The number of amides is 4. The van der Waals surface area contributed by atoms with Gasteiger partial charge >= 0.3 is 6.18 Å². The maximum absolute atomic E-state index is 13.6. The van der Waals surface area contributed by atoms with E-state index < -0.39 is 40.0 Å². The van der Waals surface area contributed by atoms with Crippen molar-refractivity contribution in [1.82, 2.24) is 9.80 Å². The normalized spacial score (nSPS) is 15.2. The molecule has 248 valence electrons. The van der Waals surface area contributed by atoms with Gasteiger partial charge in [0.1, 0.15) is 0 Å². The largest absolute Gasteiger partial charge is 0.455 e. The predicted octanol–water partition coefficient (Wildman–Crippen LogP) is 8.21. The fourth-order valence-electron chi connectivity index (χ4n) is 5.83. The fraction of sp³-hybridized carbons (Fsp3) is 0.515. The summed E-state index contributed by atoms with van der Waals surface area (Å²) in [5.74, 6) is -1.58. The molecule has 0 fully saturated rings. The first-order valence-electron chi connectivity index (χ1n) is 14.5. The van der Waals surface area contributed by atoms with Crippen LogP contribution in [-0.2, 0) is 9.53 Å². The van der Waals surface area contributed by atoms with Crippen LogP contribution in [0.1, 0.15) is 94.1 Å². The minimum Gasteiger partial charge on any atom is -0.455 e. The third-order valence-electron chi connectivity index (χ3n) is 8.40. The molecule has 2 aliphatic heterocycles. The monoisotopic (exact) mass is 664 g/mol. The SMILES string of the molecule is C.C.Cc1ccc2c(c1)C(=O)N(CCC[Si](C)(C)O[Si](C)(C)CCCN1C(=O)c3ccc(C(C)(C)C(F)(F)F)cc3C1=O)C2=O. The van der Waals surface area contributed by atoms with Crippen LogP contribution in [0, 0.1) is 6.92 Å². The van der Waals surface area contributed by atoms with Crippen LogP contribution in [0.4, 0.5) is 13.2 Å².